The molecule has 0 unspecified atom stereocenters. The van der Waals surface area contributed by atoms with Crippen molar-refractivity contribution in [1.29, 1.82) is 0 Å². The first-order valence-electron chi connectivity index (χ1n) is 10.7. The van der Waals surface area contributed by atoms with Crippen molar-refractivity contribution in [2.45, 2.75) is 6.54 Å². The zero-order valence-corrected chi connectivity index (χ0v) is 18.5. The Hall–Kier alpha value is -4.83. The van der Waals surface area contributed by atoms with Crippen LogP contribution in [0.3, 0.4) is 0 Å². The van der Waals surface area contributed by atoms with Gasteiger partial charge in [-0.2, -0.15) is 10.1 Å². The molecule has 5 aromatic rings. The Bertz CT molecular complexity index is 1450. The molecule has 9 nitrogen and oxygen atoms in total. The van der Waals surface area contributed by atoms with Crippen LogP contribution < -0.4 is 16.6 Å². The second kappa shape index (κ2) is 9.57. The van der Waals surface area contributed by atoms with E-state index >= 15 is 0 Å². The number of halogens is 1. The summed E-state index contributed by atoms with van der Waals surface area (Å²) in [6.07, 6.45) is 6.81. The molecule has 174 valence electrons. The van der Waals surface area contributed by atoms with Gasteiger partial charge >= 0.3 is 0 Å². The molecule has 0 spiro atoms. The van der Waals surface area contributed by atoms with Gasteiger partial charge in [-0.25, -0.2) is 10.2 Å². The van der Waals surface area contributed by atoms with Crippen molar-refractivity contribution in [1.82, 2.24) is 24.9 Å². The molecule has 5 rings (SSSR count). The molecule has 3 heterocycles. The summed E-state index contributed by atoms with van der Waals surface area (Å²) in [5.74, 6) is 6.25. The van der Waals surface area contributed by atoms with Gasteiger partial charge in [-0.1, -0.05) is 41.6 Å². The molecule has 0 radical (unpaired) electrons. The number of nitrogens with zero attached hydrogens (tertiary/aromatic N) is 6. The minimum atomic E-state index is -0.504. The second-order valence-corrected chi connectivity index (χ2v) is 7.64. The van der Waals surface area contributed by atoms with Crippen molar-refractivity contribution in [3.63, 3.8) is 0 Å². The number of anilines is 1. The van der Waals surface area contributed by atoms with Gasteiger partial charge in [-0.15, -0.1) is 0 Å². The Balaban J connectivity index is 1.49. The van der Waals surface area contributed by atoms with Gasteiger partial charge in [0.15, 0.2) is 0 Å². The number of hydrogen-bond donors (Lipinski definition) is 2. The minimum Gasteiger partial charge on any atom is -0.392 e. The molecule has 3 aromatic heterocycles. The molecule has 0 aliphatic heterocycles. The number of aromatic nitrogens is 5. The predicted molar refractivity (Wildman–Crippen MR) is 129 cm³/mol. The van der Waals surface area contributed by atoms with Crippen LogP contribution >= 0.6 is 0 Å². The lowest BCUT2D eigenvalue weighted by molar-refractivity contribution is 0.408. The summed E-state index contributed by atoms with van der Waals surface area (Å²) in [5, 5.41) is 9.45. The van der Waals surface area contributed by atoms with Crippen LogP contribution in [0.4, 0.5) is 10.1 Å². The summed E-state index contributed by atoms with van der Waals surface area (Å²) < 4.78 is 21.8. The first-order valence-corrected chi connectivity index (χ1v) is 10.7. The highest BCUT2D eigenvalue weighted by atomic mass is 19.1. The van der Waals surface area contributed by atoms with Crippen molar-refractivity contribution >= 4 is 17.1 Å². The predicted octanol–water partition coefficient (Wildman–Crippen LogP) is 3.68. The monoisotopic (exact) mass is 468 g/mol. The fraction of sp³-hybridized carbons (Fsp3) is 0.0400. The fourth-order valence-electron chi connectivity index (χ4n) is 3.59. The van der Waals surface area contributed by atoms with Crippen molar-refractivity contribution in [3.8, 4) is 11.4 Å². The SMILES string of the molecule is N/C(=C(/c1ccncc1)N(N)c1ccccc1F)c1nc(-c2ccc(Cn3cccn3)cc2)no1. The first kappa shape index (κ1) is 22.0. The average Bonchev–Trinajstić information content (AvgIpc) is 3.58. The molecule has 0 aliphatic rings. The molecule has 35 heavy (non-hydrogen) atoms. The molecule has 0 amide bonds. The van der Waals surface area contributed by atoms with Crippen LogP contribution in [0.5, 0.6) is 0 Å². The van der Waals surface area contributed by atoms with Gasteiger partial charge < -0.3 is 10.3 Å². The second-order valence-electron chi connectivity index (χ2n) is 7.64. The fourth-order valence-corrected chi connectivity index (χ4v) is 3.59. The lowest BCUT2D eigenvalue weighted by atomic mass is 10.1. The van der Waals surface area contributed by atoms with Crippen molar-refractivity contribution < 1.29 is 8.91 Å². The number of benzene rings is 2. The van der Waals surface area contributed by atoms with E-state index in [4.69, 9.17) is 16.1 Å². The molecule has 0 saturated heterocycles. The summed E-state index contributed by atoms with van der Waals surface area (Å²) in [7, 11) is 0. The number of rotatable bonds is 7. The highest BCUT2D eigenvalue weighted by Gasteiger charge is 2.22. The van der Waals surface area contributed by atoms with Crippen LogP contribution in [0, 0.1) is 5.82 Å². The minimum absolute atomic E-state index is 0.0548. The highest BCUT2D eigenvalue weighted by molar-refractivity contribution is 5.93. The molecule has 10 heteroatoms. The Morgan fingerprint density at radius 3 is 2.46 bits per heavy atom. The quantitative estimate of drug-likeness (QED) is 0.274. The molecule has 0 saturated carbocycles. The van der Waals surface area contributed by atoms with Crippen LogP contribution in [0.15, 0.2) is 96.0 Å². The van der Waals surface area contributed by atoms with E-state index in [-0.39, 0.29) is 17.3 Å². The van der Waals surface area contributed by atoms with E-state index in [0.29, 0.717) is 23.6 Å². The molecule has 4 N–H and O–H groups in total. The lowest BCUT2D eigenvalue weighted by Crippen LogP contribution is -2.32. The summed E-state index contributed by atoms with van der Waals surface area (Å²) in [5.41, 5.74) is 9.41. The van der Waals surface area contributed by atoms with Gasteiger partial charge in [0.05, 0.1) is 17.9 Å². The van der Waals surface area contributed by atoms with Crippen LogP contribution in [0.2, 0.25) is 0 Å². The largest absolute Gasteiger partial charge is 0.392 e. The average molecular weight is 468 g/mol. The van der Waals surface area contributed by atoms with E-state index in [2.05, 4.69) is 20.2 Å². The summed E-state index contributed by atoms with van der Waals surface area (Å²) in [6, 6.07) is 19.1. The van der Waals surface area contributed by atoms with E-state index in [1.54, 1.807) is 48.9 Å². The van der Waals surface area contributed by atoms with E-state index in [9.17, 15) is 4.39 Å². The van der Waals surface area contributed by atoms with Crippen LogP contribution in [0.1, 0.15) is 17.0 Å². The third-order valence-corrected chi connectivity index (χ3v) is 5.33. The summed E-state index contributed by atoms with van der Waals surface area (Å²) in [6.45, 7) is 0.651. The number of hydrogen-bond acceptors (Lipinski definition) is 8. The maximum absolute atomic E-state index is 14.5. The molecule has 0 bridgehead atoms. The van der Waals surface area contributed by atoms with Gasteiger partial charge in [0, 0.05) is 35.9 Å². The van der Waals surface area contributed by atoms with Gasteiger partial charge in [-0.05, 0) is 35.9 Å². The number of nitrogens with two attached hydrogens (primary N) is 2. The Morgan fingerprint density at radius 2 is 1.74 bits per heavy atom. The third kappa shape index (κ3) is 4.63. The van der Waals surface area contributed by atoms with E-state index in [1.165, 1.54) is 6.07 Å². The number of para-hydroxylation sites is 1. The molecular formula is C25H21FN8O. The van der Waals surface area contributed by atoms with E-state index in [0.717, 1.165) is 16.1 Å². The Labute approximate surface area is 200 Å². The smallest absolute Gasteiger partial charge is 0.276 e. The normalized spacial score (nSPS) is 11.8. The van der Waals surface area contributed by atoms with Gasteiger partial charge in [0.1, 0.15) is 11.5 Å². The summed E-state index contributed by atoms with van der Waals surface area (Å²) in [4.78, 5) is 8.49. The summed E-state index contributed by atoms with van der Waals surface area (Å²) >= 11 is 0. The standard InChI is InChI=1S/C25H21FN8O/c26-20-4-1-2-5-21(20)34(28)23(18-10-13-29-14-11-18)22(27)25-31-24(32-35-25)19-8-6-17(7-9-19)16-33-15-3-12-30-33/h1-15H,16,27-28H2/b23-22-. The van der Waals surface area contributed by atoms with Crippen molar-refractivity contribution in [3.05, 3.63) is 114 Å². The molecule has 2 aromatic carbocycles. The third-order valence-electron chi connectivity index (χ3n) is 5.33. The van der Waals surface area contributed by atoms with Gasteiger partial charge in [0.2, 0.25) is 5.82 Å². The molecule has 0 atom stereocenters. The zero-order chi connectivity index (χ0) is 24.2. The van der Waals surface area contributed by atoms with Crippen molar-refractivity contribution in [2.24, 2.45) is 11.6 Å². The first-order chi connectivity index (χ1) is 17.1. The van der Waals surface area contributed by atoms with E-state index < -0.39 is 5.82 Å². The molecule has 0 fully saturated rings. The zero-order valence-electron chi connectivity index (χ0n) is 18.5. The molecular weight excluding hydrogens is 447 g/mol. The maximum Gasteiger partial charge on any atom is 0.276 e. The Morgan fingerprint density at radius 1 is 0.971 bits per heavy atom. The topological polar surface area (TPSA) is 125 Å². The van der Waals surface area contributed by atoms with E-state index in [1.807, 2.05) is 41.2 Å². The lowest BCUT2D eigenvalue weighted by Gasteiger charge is -2.23. The van der Waals surface area contributed by atoms with Crippen LogP contribution in [0.25, 0.3) is 22.8 Å². The van der Waals surface area contributed by atoms with Crippen LogP contribution in [-0.2, 0) is 6.54 Å². The molecule has 0 aliphatic carbocycles. The van der Waals surface area contributed by atoms with Crippen molar-refractivity contribution in [2.75, 3.05) is 5.01 Å². The maximum atomic E-state index is 14.5. The van der Waals surface area contributed by atoms with Gasteiger partial charge in [0.25, 0.3) is 5.89 Å². The van der Waals surface area contributed by atoms with Gasteiger partial charge in [-0.3, -0.25) is 14.7 Å². The highest BCUT2D eigenvalue weighted by Crippen LogP contribution is 2.30. The number of pyridine rings is 1. The number of hydrazine groups is 1. The van der Waals surface area contributed by atoms with Crippen LogP contribution in [-0.4, -0.2) is 24.9 Å². The Kier molecular flexibility index (Phi) is 6.01.